The highest BCUT2D eigenvalue weighted by Gasteiger charge is 2.10. The van der Waals surface area contributed by atoms with Gasteiger partial charge in [0, 0.05) is 12.7 Å². The Morgan fingerprint density at radius 2 is 1.67 bits per heavy atom. The van der Waals surface area contributed by atoms with E-state index in [-0.39, 0.29) is 6.79 Å². The van der Waals surface area contributed by atoms with Crippen LogP contribution in [0.1, 0.15) is 11.1 Å². The van der Waals surface area contributed by atoms with Gasteiger partial charge in [0.05, 0.1) is 0 Å². The van der Waals surface area contributed by atoms with Crippen LogP contribution in [0.3, 0.4) is 0 Å². The zero-order chi connectivity index (χ0) is 14.9. The van der Waals surface area contributed by atoms with Crippen LogP contribution in [0.15, 0.2) is 61.2 Å². The lowest BCUT2D eigenvalue weighted by atomic mass is 10.1. The van der Waals surface area contributed by atoms with E-state index in [2.05, 4.69) is 6.58 Å². The van der Waals surface area contributed by atoms with E-state index in [1.54, 1.807) is 7.11 Å². The van der Waals surface area contributed by atoms with Crippen molar-refractivity contribution in [3.05, 3.63) is 72.3 Å². The molecule has 3 nitrogen and oxygen atoms in total. The lowest BCUT2D eigenvalue weighted by molar-refractivity contribution is 0.0502. The molecule has 0 heterocycles. The highest BCUT2D eigenvalue weighted by Crippen LogP contribution is 2.30. The molecule has 0 saturated carbocycles. The molecular formula is C18H20O3. The number of hydrogen-bond donors (Lipinski definition) is 0. The molecule has 0 spiro atoms. The summed E-state index contributed by atoms with van der Waals surface area (Å²) in [5.41, 5.74) is 2.12. The van der Waals surface area contributed by atoms with Gasteiger partial charge in [-0.25, -0.2) is 0 Å². The van der Waals surface area contributed by atoms with Crippen LogP contribution in [-0.2, 0) is 17.8 Å². The van der Waals surface area contributed by atoms with Crippen molar-refractivity contribution in [1.82, 2.24) is 0 Å². The number of ether oxygens (including phenoxy) is 3. The summed E-state index contributed by atoms with van der Waals surface area (Å²) in [7, 11) is 1.60. The third kappa shape index (κ3) is 4.36. The van der Waals surface area contributed by atoms with E-state index in [9.17, 15) is 0 Å². The lowest BCUT2D eigenvalue weighted by Gasteiger charge is -2.15. The van der Waals surface area contributed by atoms with Gasteiger partial charge in [0.25, 0.3) is 0 Å². The van der Waals surface area contributed by atoms with Crippen molar-refractivity contribution in [2.75, 3.05) is 13.9 Å². The van der Waals surface area contributed by atoms with Gasteiger partial charge in [-0.05, 0) is 24.1 Å². The van der Waals surface area contributed by atoms with Crippen LogP contribution in [0.5, 0.6) is 11.5 Å². The Hall–Kier alpha value is -2.26. The first-order valence-electron chi connectivity index (χ1n) is 6.86. The molecule has 0 atom stereocenters. The fraction of sp³-hybridized carbons (Fsp3) is 0.222. The highest BCUT2D eigenvalue weighted by molar-refractivity contribution is 5.46. The van der Waals surface area contributed by atoms with Crippen molar-refractivity contribution >= 4 is 0 Å². The molecule has 0 N–H and O–H groups in total. The van der Waals surface area contributed by atoms with Crippen molar-refractivity contribution in [2.24, 2.45) is 0 Å². The number of rotatable bonds is 8. The molecule has 2 aromatic carbocycles. The van der Waals surface area contributed by atoms with Gasteiger partial charge in [0.1, 0.15) is 18.1 Å². The van der Waals surface area contributed by atoms with Gasteiger partial charge in [-0.1, -0.05) is 42.5 Å². The van der Waals surface area contributed by atoms with Gasteiger partial charge in [-0.2, -0.15) is 0 Å². The Kier molecular flexibility index (Phi) is 5.85. The van der Waals surface area contributed by atoms with Gasteiger partial charge < -0.3 is 14.2 Å². The predicted molar refractivity (Wildman–Crippen MR) is 83.6 cm³/mol. The van der Waals surface area contributed by atoms with E-state index < -0.39 is 0 Å². The highest BCUT2D eigenvalue weighted by atomic mass is 16.7. The van der Waals surface area contributed by atoms with E-state index in [0.717, 1.165) is 22.6 Å². The Balaban J connectivity index is 2.15. The van der Waals surface area contributed by atoms with Gasteiger partial charge >= 0.3 is 0 Å². The lowest BCUT2D eigenvalue weighted by Crippen LogP contribution is -2.04. The normalized spacial score (nSPS) is 10.1. The SMILES string of the molecule is C=CCc1c(OCOC)cccc1OCc1ccccc1. The van der Waals surface area contributed by atoms with Crippen LogP contribution in [0, 0.1) is 0 Å². The first kappa shape index (κ1) is 15.1. The molecule has 2 rings (SSSR count). The summed E-state index contributed by atoms with van der Waals surface area (Å²) in [5.74, 6) is 1.58. The second-order valence-corrected chi connectivity index (χ2v) is 4.55. The number of benzene rings is 2. The van der Waals surface area contributed by atoms with Crippen LogP contribution >= 0.6 is 0 Å². The fourth-order valence-electron chi connectivity index (χ4n) is 2.02. The maximum Gasteiger partial charge on any atom is 0.188 e. The van der Waals surface area contributed by atoms with Crippen molar-refractivity contribution in [3.63, 3.8) is 0 Å². The summed E-state index contributed by atoms with van der Waals surface area (Å²) in [4.78, 5) is 0. The molecule has 0 unspecified atom stereocenters. The zero-order valence-electron chi connectivity index (χ0n) is 12.2. The Morgan fingerprint density at radius 3 is 2.33 bits per heavy atom. The van der Waals surface area contributed by atoms with Crippen LogP contribution in [0.25, 0.3) is 0 Å². The maximum atomic E-state index is 5.93. The molecule has 0 aliphatic heterocycles. The molecule has 0 aromatic heterocycles. The molecule has 0 fully saturated rings. The summed E-state index contributed by atoms with van der Waals surface area (Å²) < 4.78 is 16.5. The van der Waals surface area contributed by atoms with Gasteiger partial charge in [-0.3, -0.25) is 0 Å². The molecule has 0 amide bonds. The quantitative estimate of drug-likeness (QED) is 0.542. The van der Waals surface area contributed by atoms with Crippen LogP contribution in [-0.4, -0.2) is 13.9 Å². The molecule has 0 bridgehead atoms. The second kappa shape index (κ2) is 8.12. The Labute approximate surface area is 125 Å². The summed E-state index contributed by atoms with van der Waals surface area (Å²) in [6, 6.07) is 15.8. The summed E-state index contributed by atoms with van der Waals surface area (Å²) in [6.07, 6.45) is 2.52. The predicted octanol–water partition coefficient (Wildman–Crippen LogP) is 3.98. The molecule has 21 heavy (non-hydrogen) atoms. The average Bonchev–Trinajstić information content (AvgIpc) is 2.53. The van der Waals surface area contributed by atoms with Crippen molar-refractivity contribution < 1.29 is 14.2 Å². The number of methoxy groups -OCH3 is 1. The first-order valence-corrected chi connectivity index (χ1v) is 6.86. The molecule has 0 aliphatic rings. The molecule has 0 saturated heterocycles. The third-order valence-electron chi connectivity index (χ3n) is 3.01. The van der Waals surface area contributed by atoms with Crippen molar-refractivity contribution in [2.45, 2.75) is 13.0 Å². The van der Waals surface area contributed by atoms with Crippen molar-refractivity contribution in [3.8, 4) is 11.5 Å². The topological polar surface area (TPSA) is 27.7 Å². The number of allylic oxidation sites excluding steroid dienone is 1. The molecule has 110 valence electrons. The van der Waals surface area contributed by atoms with Crippen LogP contribution < -0.4 is 9.47 Å². The fourth-order valence-corrected chi connectivity index (χ4v) is 2.02. The first-order chi connectivity index (χ1) is 10.3. The summed E-state index contributed by atoms with van der Waals surface area (Å²) in [5, 5.41) is 0. The van der Waals surface area contributed by atoms with E-state index in [4.69, 9.17) is 14.2 Å². The molecular weight excluding hydrogens is 264 g/mol. The van der Waals surface area contributed by atoms with Gasteiger partial charge in [-0.15, -0.1) is 6.58 Å². The second-order valence-electron chi connectivity index (χ2n) is 4.55. The Morgan fingerprint density at radius 1 is 0.952 bits per heavy atom. The average molecular weight is 284 g/mol. The van der Waals surface area contributed by atoms with Crippen LogP contribution in [0.2, 0.25) is 0 Å². The standard InChI is InChI=1S/C18H20O3/c1-3-8-16-17(11-7-12-18(16)21-14-19-2)20-13-15-9-5-4-6-10-15/h3-7,9-12H,1,8,13-14H2,2H3. The number of hydrogen-bond acceptors (Lipinski definition) is 3. The maximum absolute atomic E-state index is 5.93. The van der Waals surface area contributed by atoms with Crippen LogP contribution in [0.4, 0.5) is 0 Å². The third-order valence-corrected chi connectivity index (χ3v) is 3.01. The zero-order valence-corrected chi connectivity index (χ0v) is 12.2. The Bertz CT molecular complexity index is 564. The van der Waals surface area contributed by atoms with E-state index in [1.165, 1.54) is 0 Å². The minimum Gasteiger partial charge on any atom is -0.488 e. The van der Waals surface area contributed by atoms with Gasteiger partial charge in [0.2, 0.25) is 0 Å². The summed E-state index contributed by atoms with van der Waals surface area (Å²) >= 11 is 0. The smallest absolute Gasteiger partial charge is 0.188 e. The summed E-state index contributed by atoms with van der Waals surface area (Å²) in [6.45, 7) is 4.54. The van der Waals surface area contributed by atoms with Gasteiger partial charge in [0.15, 0.2) is 6.79 Å². The molecule has 2 aromatic rings. The monoisotopic (exact) mass is 284 g/mol. The van der Waals surface area contributed by atoms with Crippen molar-refractivity contribution in [1.29, 1.82) is 0 Å². The largest absolute Gasteiger partial charge is 0.488 e. The van der Waals surface area contributed by atoms with E-state index in [1.807, 2.05) is 54.6 Å². The molecule has 0 radical (unpaired) electrons. The minimum atomic E-state index is 0.215. The molecule has 0 aliphatic carbocycles. The van der Waals surface area contributed by atoms with E-state index in [0.29, 0.717) is 13.0 Å². The molecule has 3 heteroatoms. The van der Waals surface area contributed by atoms with E-state index >= 15 is 0 Å². The minimum absolute atomic E-state index is 0.215.